The Labute approximate surface area is 105 Å². The van der Waals surface area contributed by atoms with Crippen LogP contribution in [0.15, 0.2) is 33.9 Å². The van der Waals surface area contributed by atoms with Gasteiger partial charge in [-0.05, 0) is 24.3 Å². The van der Waals surface area contributed by atoms with Gasteiger partial charge in [0.25, 0.3) is 10.9 Å². The van der Waals surface area contributed by atoms with Crippen molar-refractivity contribution < 1.29 is 13.2 Å². The monoisotopic (exact) mass is 270 g/mol. The maximum absolute atomic E-state index is 12.4. The molecule has 4 nitrogen and oxygen atoms in total. The van der Waals surface area contributed by atoms with Crippen LogP contribution in [0.3, 0.4) is 0 Å². The minimum Gasteiger partial charge on any atom is -0.383 e. The van der Waals surface area contributed by atoms with Crippen molar-refractivity contribution in [2.24, 2.45) is 0 Å². The fraction of sp³-hybridized carbons (Fsp3) is 0.167. The van der Waals surface area contributed by atoms with Crippen molar-refractivity contribution in [1.82, 2.24) is 0 Å². The number of halogens is 3. The molecule has 7 heteroatoms. The average molecular weight is 270 g/mol. The van der Waals surface area contributed by atoms with Crippen molar-refractivity contribution in [2.45, 2.75) is 6.18 Å². The molecule has 0 atom stereocenters. The summed E-state index contributed by atoms with van der Waals surface area (Å²) in [6.07, 6.45) is -4.41. The Bertz CT molecular complexity index is 668. The van der Waals surface area contributed by atoms with E-state index in [1.807, 2.05) is 0 Å². The molecule has 0 saturated heterocycles. The van der Waals surface area contributed by atoms with Crippen molar-refractivity contribution in [3.05, 3.63) is 50.3 Å². The second-order valence-electron chi connectivity index (χ2n) is 3.86. The smallest absolute Gasteiger partial charge is 0.383 e. The van der Waals surface area contributed by atoms with Crippen LogP contribution in [0.5, 0.6) is 0 Å². The highest BCUT2D eigenvalue weighted by Gasteiger charge is 2.30. The zero-order valence-corrected chi connectivity index (χ0v) is 9.76. The molecule has 0 aliphatic rings. The van der Waals surface area contributed by atoms with Crippen molar-refractivity contribution >= 4 is 17.1 Å². The highest BCUT2D eigenvalue weighted by Crippen LogP contribution is 2.30. The second kappa shape index (κ2) is 4.42. The zero-order valence-electron chi connectivity index (χ0n) is 9.76. The Morgan fingerprint density at radius 2 is 1.47 bits per heavy atom. The Morgan fingerprint density at radius 3 is 1.95 bits per heavy atom. The molecular formula is C12H9F3N2O2. The van der Waals surface area contributed by atoms with Crippen LogP contribution in [0.4, 0.5) is 30.2 Å². The van der Waals surface area contributed by atoms with Gasteiger partial charge in [-0.25, -0.2) is 0 Å². The average Bonchev–Trinajstić information content (AvgIpc) is 2.37. The molecule has 0 heterocycles. The van der Waals surface area contributed by atoms with Crippen LogP contribution in [-0.4, -0.2) is 7.05 Å². The summed E-state index contributed by atoms with van der Waals surface area (Å²) in [4.78, 5) is 22.4. The van der Waals surface area contributed by atoms with Crippen molar-refractivity contribution in [1.29, 1.82) is 0 Å². The van der Waals surface area contributed by atoms with Gasteiger partial charge in [0.2, 0.25) is 0 Å². The number of hydrogen-bond donors (Lipinski definition) is 2. The van der Waals surface area contributed by atoms with Gasteiger partial charge in [-0.15, -0.1) is 0 Å². The summed E-state index contributed by atoms with van der Waals surface area (Å²) < 4.78 is 37.1. The SMILES string of the molecule is CNc1c(Nc2ccc(C(F)(F)F)cc2)c(=O)c1=O. The molecule has 100 valence electrons. The third-order valence-electron chi connectivity index (χ3n) is 2.64. The summed E-state index contributed by atoms with van der Waals surface area (Å²) in [5.74, 6) is 0. The van der Waals surface area contributed by atoms with E-state index in [2.05, 4.69) is 10.6 Å². The van der Waals surface area contributed by atoms with Gasteiger partial charge in [-0.1, -0.05) is 0 Å². The first-order valence-corrected chi connectivity index (χ1v) is 5.30. The number of nitrogens with one attached hydrogen (secondary N) is 2. The molecule has 0 fully saturated rings. The second-order valence-corrected chi connectivity index (χ2v) is 3.86. The molecule has 0 aliphatic heterocycles. The largest absolute Gasteiger partial charge is 0.416 e. The molecule has 0 radical (unpaired) electrons. The first-order chi connectivity index (χ1) is 8.84. The van der Waals surface area contributed by atoms with E-state index < -0.39 is 22.6 Å². The molecule has 0 bridgehead atoms. The lowest BCUT2D eigenvalue weighted by atomic mass is 10.1. The molecule has 0 amide bonds. The molecule has 2 aromatic rings. The number of rotatable bonds is 3. The van der Waals surface area contributed by atoms with E-state index in [9.17, 15) is 22.8 Å². The summed E-state index contributed by atoms with van der Waals surface area (Å²) in [6.45, 7) is 0. The quantitative estimate of drug-likeness (QED) is 0.838. The minimum atomic E-state index is -4.41. The van der Waals surface area contributed by atoms with Crippen LogP contribution in [-0.2, 0) is 6.18 Å². The normalized spacial score (nSPS) is 11.6. The van der Waals surface area contributed by atoms with Crippen LogP contribution < -0.4 is 21.5 Å². The first-order valence-electron chi connectivity index (χ1n) is 5.30. The van der Waals surface area contributed by atoms with Gasteiger partial charge >= 0.3 is 6.18 Å². The van der Waals surface area contributed by atoms with Gasteiger partial charge in [-0.3, -0.25) is 9.59 Å². The van der Waals surface area contributed by atoms with Crippen molar-refractivity contribution in [2.75, 3.05) is 17.7 Å². The highest BCUT2D eigenvalue weighted by molar-refractivity contribution is 5.78. The third kappa shape index (κ3) is 2.31. The molecule has 0 aliphatic carbocycles. The van der Waals surface area contributed by atoms with E-state index in [0.717, 1.165) is 12.1 Å². The van der Waals surface area contributed by atoms with Crippen LogP contribution in [0.25, 0.3) is 0 Å². The van der Waals surface area contributed by atoms with E-state index in [-0.39, 0.29) is 11.4 Å². The number of anilines is 3. The lowest BCUT2D eigenvalue weighted by Gasteiger charge is -2.13. The van der Waals surface area contributed by atoms with E-state index in [1.165, 1.54) is 19.2 Å². The number of benzene rings is 1. The Hall–Kier alpha value is -2.31. The van der Waals surface area contributed by atoms with Gasteiger partial charge in [0.15, 0.2) is 0 Å². The molecule has 0 spiro atoms. The number of alkyl halides is 3. The zero-order chi connectivity index (χ0) is 14.2. The predicted octanol–water partition coefficient (Wildman–Crippen LogP) is 2.09. The van der Waals surface area contributed by atoms with Gasteiger partial charge in [-0.2, -0.15) is 13.2 Å². The first kappa shape index (κ1) is 13.1. The Kier molecular flexibility index (Phi) is 3.05. The minimum absolute atomic E-state index is 0.0623. The third-order valence-corrected chi connectivity index (χ3v) is 2.64. The van der Waals surface area contributed by atoms with E-state index in [4.69, 9.17) is 0 Å². The standard InChI is InChI=1S/C12H9F3N2O2/c1-16-8-9(11(19)10(8)18)17-7-4-2-6(3-5-7)12(13,14)15/h2-5,16-17H,1H3. The van der Waals surface area contributed by atoms with Crippen molar-refractivity contribution in [3.63, 3.8) is 0 Å². The van der Waals surface area contributed by atoms with E-state index in [0.29, 0.717) is 5.69 Å². The molecule has 2 N–H and O–H groups in total. The maximum atomic E-state index is 12.4. The Balaban J connectivity index is 2.23. The molecule has 2 rings (SSSR count). The van der Waals surface area contributed by atoms with Gasteiger partial charge in [0.1, 0.15) is 11.4 Å². The van der Waals surface area contributed by atoms with Gasteiger partial charge < -0.3 is 10.6 Å². The summed E-state index contributed by atoms with van der Waals surface area (Å²) in [6, 6.07) is 4.18. The van der Waals surface area contributed by atoms with E-state index in [1.54, 1.807) is 0 Å². The molecule has 0 unspecified atom stereocenters. The molecule has 19 heavy (non-hydrogen) atoms. The van der Waals surface area contributed by atoms with Gasteiger partial charge in [0.05, 0.1) is 5.56 Å². The lowest BCUT2D eigenvalue weighted by molar-refractivity contribution is -0.137. The van der Waals surface area contributed by atoms with Gasteiger partial charge in [0, 0.05) is 12.7 Å². The Morgan fingerprint density at radius 1 is 0.947 bits per heavy atom. The maximum Gasteiger partial charge on any atom is 0.416 e. The van der Waals surface area contributed by atoms with Crippen LogP contribution >= 0.6 is 0 Å². The summed E-state index contributed by atoms with van der Waals surface area (Å²) >= 11 is 0. The predicted molar refractivity (Wildman–Crippen MR) is 65.6 cm³/mol. The van der Waals surface area contributed by atoms with Crippen LogP contribution in [0, 0.1) is 0 Å². The van der Waals surface area contributed by atoms with Crippen molar-refractivity contribution in [3.8, 4) is 0 Å². The highest BCUT2D eigenvalue weighted by atomic mass is 19.4. The molecule has 0 saturated carbocycles. The molecule has 2 aromatic carbocycles. The number of hydrogen-bond acceptors (Lipinski definition) is 4. The lowest BCUT2D eigenvalue weighted by Crippen LogP contribution is -2.35. The fourth-order valence-corrected chi connectivity index (χ4v) is 1.64. The topological polar surface area (TPSA) is 58.2 Å². The molecule has 0 aromatic heterocycles. The van der Waals surface area contributed by atoms with E-state index >= 15 is 0 Å². The summed E-state index contributed by atoms with van der Waals surface area (Å²) in [5.41, 5.74) is -1.62. The van der Waals surface area contributed by atoms with Crippen LogP contribution in [0.2, 0.25) is 0 Å². The summed E-state index contributed by atoms with van der Waals surface area (Å²) in [7, 11) is 1.48. The fourth-order valence-electron chi connectivity index (χ4n) is 1.64. The summed E-state index contributed by atoms with van der Waals surface area (Å²) in [5, 5.41) is 5.17. The molecular weight excluding hydrogens is 261 g/mol. The van der Waals surface area contributed by atoms with Crippen LogP contribution in [0.1, 0.15) is 5.56 Å².